The summed E-state index contributed by atoms with van der Waals surface area (Å²) in [4.78, 5) is 0. The monoisotopic (exact) mass is 236 g/mol. The van der Waals surface area contributed by atoms with Crippen molar-refractivity contribution in [1.29, 1.82) is 5.26 Å². The van der Waals surface area contributed by atoms with Crippen molar-refractivity contribution in [2.24, 2.45) is 5.92 Å². The van der Waals surface area contributed by atoms with Crippen LogP contribution in [0.4, 0.5) is 5.69 Å². The average Bonchev–Trinajstić information content (AvgIpc) is 2.25. The summed E-state index contributed by atoms with van der Waals surface area (Å²) in [7, 11) is 0. The number of nitrogens with zero attached hydrogens (tertiary/aromatic N) is 1. The number of rotatable bonds is 4. The quantitative estimate of drug-likeness (QED) is 0.856. The van der Waals surface area contributed by atoms with Crippen molar-refractivity contribution < 1.29 is 0 Å². The summed E-state index contributed by atoms with van der Waals surface area (Å²) in [6.07, 6.45) is 1.02. The minimum atomic E-state index is 0.366. The minimum Gasteiger partial charge on any atom is -0.381 e. The third-order valence-electron chi connectivity index (χ3n) is 2.71. The van der Waals surface area contributed by atoms with E-state index < -0.39 is 0 Å². The van der Waals surface area contributed by atoms with E-state index in [4.69, 9.17) is 16.9 Å². The second kappa shape index (κ2) is 5.77. The topological polar surface area (TPSA) is 35.8 Å². The van der Waals surface area contributed by atoms with Gasteiger partial charge in [-0.1, -0.05) is 38.4 Å². The summed E-state index contributed by atoms with van der Waals surface area (Å²) in [6.45, 7) is 6.46. The van der Waals surface area contributed by atoms with Crippen LogP contribution in [0.3, 0.4) is 0 Å². The zero-order valence-electron chi connectivity index (χ0n) is 9.92. The number of hydrogen-bond donors (Lipinski definition) is 1. The third-order valence-corrected chi connectivity index (χ3v) is 3.03. The van der Waals surface area contributed by atoms with Gasteiger partial charge in [0.05, 0.1) is 16.3 Å². The van der Waals surface area contributed by atoms with E-state index in [-0.39, 0.29) is 0 Å². The van der Waals surface area contributed by atoms with Crippen LogP contribution in [0.25, 0.3) is 0 Å². The molecule has 0 bridgehead atoms. The molecule has 0 saturated heterocycles. The molecule has 0 spiro atoms. The van der Waals surface area contributed by atoms with Crippen molar-refractivity contribution in [2.45, 2.75) is 33.2 Å². The van der Waals surface area contributed by atoms with Gasteiger partial charge in [0.15, 0.2) is 0 Å². The lowest BCUT2D eigenvalue weighted by atomic mass is 10.0. The van der Waals surface area contributed by atoms with Gasteiger partial charge in [0.2, 0.25) is 0 Å². The number of nitriles is 1. The SMILES string of the molecule is CCC(Nc1cccc(Cl)c1C#N)C(C)C. The summed E-state index contributed by atoms with van der Waals surface area (Å²) in [5.41, 5.74) is 1.36. The number of hydrogen-bond acceptors (Lipinski definition) is 2. The fraction of sp³-hybridized carbons (Fsp3) is 0.462. The Balaban J connectivity index is 2.97. The van der Waals surface area contributed by atoms with Crippen LogP contribution in [0.2, 0.25) is 5.02 Å². The molecule has 0 aromatic heterocycles. The van der Waals surface area contributed by atoms with Crippen molar-refractivity contribution in [3.05, 3.63) is 28.8 Å². The van der Waals surface area contributed by atoms with E-state index in [0.717, 1.165) is 12.1 Å². The predicted octanol–water partition coefficient (Wildman–Crippen LogP) is 4.06. The Morgan fingerprint density at radius 3 is 2.62 bits per heavy atom. The van der Waals surface area contributed by atoms with Crippen molar-refractivity contribution in [2.75, 3.05) is 5.32 Å². The Bertz CT molecular complexity index is 393. The third kappa shape index (κ3) is 2.90. The smallest absolute Gasteiger partial charge is 0.103 e. The molecule has 1 rings (SSSR count). The lowest BCUT2D eigenvalue weighted by molar-refractivity contribution is 0.511. The highest BCUT2D eigenvalue weighted by Crippen LogP contribution is 2.25. The molecule has 1 unspecified atom stereocenters. The van der Waals surface area contributed by atoms with E-state index in [9.17, 15) is 0 Å². The van der Waals surface area contributed by atoms with Gasteiger partial charge in [-0.25, -0.2) is 0 Å². The highest BCUT2D eigenvalue weighted by Gasteiger charge is 2.13. The molecule has 0 aliphatic carbocycles. The summed E-state index contributed by atoms with van der Waals surface area (Å²) in [5.74, 6) is 0.524. The molecule has 0 radical (unpaired) electrons. The first-order valence-electron chi connectivity index (χ1n) is 5.55. The first kappa shape index (κ1) is 12.9. The lowest BCUT2D eigenvalue weighted by Gasteiger charge is -2.22. The first-order chi connectivity index (χ1) is 7.60. The van der Waals surface area contributed by atoms with E-state index in [1.165, 1.54) is 0 Å². The Hall–Kier alpha value is -1.20. The van der Waals surface area contributed by atoms with Crippen molar-refractivity contribution in [1.82, 2.24) is 0 Å². The predicted molar refractivity (Wildman–Crippen MR) is 68.7 cm³/mol. The van der Waals surface area contributed by atoms with E-state index >= 15 is 0 Å². The van der Waals surface area contributed by atoms with Crippen LogP contribution in [0.15, 0.2) is 18.2 Å². The van der Waals surface area contributed by atoms with Gasteiger partial charge in [0.25, 0.3) is 0 Å². The second-order valence-electron chi connectivity index (χ2n) is 4.18. The molecule has 16 heavy (non-hydrogen) atoms. The molecule has 0 saturated carbocycles. The Labute approximate surface area is 102 Å². The summed E-state index contributed by atoms with van der Waals surface area (Å²) in [5, 5.41) is 12.9. The Morgan fingerprint density at radius 2 is 2.12 bits per heavy atom. The molecular weight excluding hydrogens is 220 g/mol. The molecular formula is C13H17ClN2. The van der Waals surface area contributed by atoms with Crippen molar-refractivity contribution in [3.8, 4) is 6.07 Å². The Kier molecular flexibility index (Phi) is 4.64. The number of anilines is 1. The minimum absolute atomic E-state index is 0.366. The average molecular weight is 237 g/mol. The van der Waals surface area contributed by atoms with Crippen molar-refractivity contribution in [3.63, 3.8) is 0 Å². The van der Waals surface area contributed by atoms with E-state index in [1.807, 2.05) is 12.1 Å². The van der Waals surface area contributed by atoms with Crippen LogP contribution in [0.5, 0.6) is 0 Å². The maximum Gasteiger partial charge on any atom is 0.103 e. The van der Waals surface area contributed by atoms with Gasteiger partial charge in [0.1, 0.15) is 6.07 Å². The molecule has 0 aliphatic rings. The molecule has 0 aliphatic heterocycles. The maximum absolute atomic E-state index is 9.05. The van der Waals surface area contributed by atoms with Gasteiger partial charge >= 0.3 is 0 Å². The number of halogens is 1. The Morgan fingerprint density at radius 1 is 1.44 bits per heavy atom. The normalized spacial score (nSPS) is 12.2. The van der Waals surface area contributed by atoms with E-state index in [2.05, 4.69) is 32.2 Å². The lowest BCUT2D eigenvalue weighted by Crippen LogP contribution is -2.25. The largest absolute Gasteiger partial charge is 0.381 e. The molecule has 0 amide bonds. The number of benzene rings is 1. The zero-order chi connectivity index (χ0) is 12.1. The van der Waals surface area contributed by atoms with E-state index in [0.29, 0.717) is 22.5 Å². The summed E-state index contributed by atoms with van der Waals surface area (Å²) >= 11 is 5.97. The standard InChI is InChI=1S/C13H17ClN2/c1-4-12(9(2)3)16-13-7-5-6-11(14)10(13)8-15/h5-7,9,12,16H,4H2,1-3H3. The van der Waals surface area contributed by atoms with E-state index in [1.54, 1.807) is 6.07 Å². The first-order valence-corrected chi connectivity index (χ1v) is 5.93. The fourth-order valence-electron chi connectivity index (χ4n) is 1.70. The second-order valence-corrected chi connectivity index (χ2v) is 4.58. The highest BCUT2D eigenvalue weighted by atomic mass is 35.5. The summed E-state index contributed by atoms with van der Waals surface area (Å²) in [6, 6.07) is 8.00. The molecule has 1 aromatic rings. The molecule has 0 heterocycles. The molecule has 86 valence electrons. The fourth-order valence-corrected chi connectivity index (χ4v) is 1.91. The molecule has 0 fully saturated rings. The molecule has 3 heteroatoms. The van der Waals surface area contributed by atoms with Gasteiger partial charge in [-0.3, -0.25) is 0 Å². The van der Waals surface area contributed by atoms with Crippen LogP contribution >= 0.6 is 11.6 Å². The van der Waals surface area contributed by atoms with Crippen LogP contribution in [-0.4, -0.2) is 6.04 Å². The van der Waals surface area contributed by atoms with Gasteiger partial charge in [0, 0.05) is 6.04 Å². The highest BCUT2D eigenvalue weighted by molar-refractivity contribution is 6.32. The molecule has 1 atom stereocenters. The van der Waals surface area contributed by atoms with Crippen LogP contribution in [0, 0.1) is 17.2 Å². The van der Waals surface area contributed by atoms with Gasteiger partial charge in [-0.2, -0.15) is 5.26 Å². The van der Waals surface area contributed by atoms with Crippen LogP contribution in [0.1, 0.15) is 32.8 Å². The van der Waals surface area contributed by atoms with Gasteiger partial charge in [-0.05, 0) is 24.5 Å². The molecule has 2 nitrogen and oxygen atoms in total. The number of nitrogens with one attached hydrogen (secondary N) is 1. The van der Waals surface area contributed by atoms with Gasteiger partial charge in [-0.15, -0.1) is 0 Å². The van der Waals surface area contributed by atoms with Crippen LogP contribution in [-0.2, 0) is 0 Å². The maximum atomic E-state index is 9.05. The zero-order valence-corrected chi connectivity index (χ0v) is 10.7. The summed E-state index contributed by atoms with van der Waals surface area (Å²) < 4.78 is 0. The van der Waals surface area contributed by atoms with Crippen molar-refractivity contribution >= 4 is 17.3 Å². The van der Waals surface area contributed by atoms with Crippen LogP contribution < -0.4 is 5.32 Å². The van der Waals surface area contributed by atoms with Gasteiger partial charge < -0.3 is 5.32 Å². The molecule has 1 aromatic carbocycles. The molecule has 1 N–H and O–H groups in total.